The summed E-state index contributed by atoms with van der Waals surface area (Å²) in [5.74, 6) is -0.568. The molecule has 6 heteroatoms. The monoisotopic (exact) mass is 290 g/mol. The number of hydrogen-bond donors (Lipinski definition) is 2. The molecular formula is C15H18N2O4. The highest BCUT2D eigenvalue weighted by Gasteiger charge is 2.28. The van der Waals surface area contributed by atoms with E-state index in [1.165, 1.54) is 4.68 Å². The fourth-order valence-electron chi connectivity index (χ4n) is 2.09. The van der Waals surface area contributed by atoms with Crippen molar-refractivity contribution in [3.05, 3.63) is 45.9 Å². The summed E-state index contributed by atoms with van der Waals surface area (Å²) in [6.07, 6.45) is 0. The van der Waals surface area contributed by atoms with Gasteiger partial charge in [0.2, 0.25) is 0 Å². The van der Waals surface area contributed by atoms with E-state index in [1.807, 2.05) is 20.8 Å². The number of methoxy groups -OCH3 is 1. The van der Waals surface area contributed by atoms with Crippen molar-refractivity contribution in [3.63, 3.8) is 0 Å². The summed E-state index contributed by atoms with van der Waals surface area (Å²) >= 11 is 0. The number of carboxylic acids is 1. The second kappa shape index (κ2) is 5.12. The van der Waals surface area contributed by atoms with E-state index in [4.69, 9.17) is 4.74 Å². The molecular weight excluding hydrogens is 272 g/mol. The maximum atomic E-state index is 12.4. The molecule has 1 aromatic heterocycles. The maximum Gasteiger partial charge on any atom is 0.343 e. The summed E-state index contributed by atoms with van der Waals surface area (Å²) in [5, 5.41) is 12.2. The number of aromatic amines is 1. The predicted octanol–water partition coefficient (Wildman–Crippen LogP) is 2.17. The van der Waals surface area contributed by atoms with E-state index in [1.54, 1.807) is 31.4 Å². The number of aromatic nitrogens is 2. The number of nitrogens with zero attached hydrogens (tertiary/aromatic N) is 1. The first-order chi connectivity index (χ1) is 9.75. The summed E-state index contributed by atoms with van der Waals surface area (Å²) < 4.78 is 6.30. The number of carboxylic acid groups (broad SMARTS) is 1. The molecule has 6 nitrogen and oxygen atoms in total. The highest BCUT2D eigenvalue weighted by Crippen LogP contribution is 2.23. The van der Waals surface area contributed by atoms with Gasteiger partial charge in [-0.15, -0.1) is 0 Å². The molecule has 0 saturated carbocycles. The van der Waals surface area contributed by atoms with Crippen molar-refractivity contribution in [3.8, 4) is 11.4 Å². The van der Waals surface area contributed by atoms with Crippen molar-refractivity contribution < 1.29 is 14.6 Å². The Morgan fingerprint density at radius 1 is 1.24 bits per heavy atom. The third kappa shape index (κ3) is 2.69. The Balaban J connectivity index is 2.65. The van der Waals surface area contributed by atoms with Crippen LogP contribution in [-0.4, -0.2) is 28.0 Å². The molecule has 0 aliphatic rings. The lowest BCUT2D eigenvalue weighted by atomic mass is 9.89. The van der Waals surface area contributed by atoms with Gasteiger partial charge in [0, 0.05) is 5.41 Å². The molecule has 2 aromatic rings. The van der Waals surface area contributed by atoms with Crippen LogP contribution in [-0.2, 0) is 5.41 Å². The van der Waals surface area contributed by atoms with Gasteiger partial charge < -0.3 is 9.84 Å². The van der Waals surface area contributed by atoms with Crippen molar-refractivity contribution in [2.45, 2.75) is 26.2 Å². The van der Waals surface area contributed by atoms with Gasteiger partial charge in [0.25, 0.3) is 5.56 Å². The first kappa shape index (κ1) is 14.9. The Morgan fingerprint density at radius 2 is 1.81 bits per heavy atom. The van der Waals surface area contributed by atoms with Gasteiger partial charge in [0.15, 0.2) is 0 Å². The smallest absolute Gasteiger partial charge is 0.343 e. The van der Waals surface area contributed by atoms with Gasteiger partial charge in [-0.25, -0.2) is 9.48 Å². The van der Waals surface area contributed by atoms with Crippen LogP contribution < -0.4 is 10.3 Å². The Bertz CT molecular complexity index is 718. The molecule has 2 N–H and O–H groups in total. The van der Waals surface area contributed by atoms with Gasteiger partial charge >= 0.3 is 5.97 Å². The molecule has 0 saturated heterocycles. The summed E-state index contributed by atoms with van der Waals surface area (Å²) in [6.45, 7) is 5.55. The van der Waals surface area contributed by atoms with E-state index >= 15 is 0 Å². The van der Waals surface area contributed by atoms with Crippen LogP contribution in [0.15, 0.2) is 29.1 Å². The van der Waals surface area contributed by atoms with E-state index in [0.29, 0.717) is 17.1 Å². The first-order valence-corrected chi connectivity index (χ1v) is 6.49. The van der Waals surface area contributed by atoms with Gasteiger partial charge in [-0.05, 0) is 24.3 Å². The second-order valence-corrected chi connectivity index (χ2v) is 5.76. The number of ether oxygens (including phenoxy) is 1. The molecule has 1 aromatic carbocycles. The molecule has 112 valence electrons. The number of H-pyrrole nitrogens is 1. The molecule has 21 heavy (non-hydrogen) atoms. The van der Waals surface area contributed by atoms with Gasteiger partial charge in [-0.1, -0.05) is 20.8 Å². The zero-order valence-electron chi connectivity index (χ0n) is 12.4. The molecule has 0 atom stereocenters. The number of benzene rings is 1. The van der Waals surface area contributed by atoms with Crippen LogP contribution in [0.3, 0.4) is 0 Å². The molecule has 0 bridgehead atoms. The van der Waals surface area contributed by atoms with Gasteiger partial charge in [0.1, 0.15) is 11.3 Å². The Labute approximate surface area is 122 Å². The summed E-state index contributed by atoms with van der Waals surface area (Å²) in [4.78, 5) is 23.7. The van der Waals surface area contributed by atoms with E-state index < -0.39 is 16.9 Å². The standard InChI is InChI=1S/C15H18N2O4/c1-15(2,3)12-11(14(19)20)13(18)17(16-12)9-5-7-10(21-4)8-6-9/h5-8,16H,1-4H3,(H,19,20). The SMILES string of the molecule is COc1ccc(-n2[nH]c(C(C)(C)C)c(C(=O)O)c2=O)cc1. The third-order valence-corrected chi connectivity index (χ3v) is 3.19. The quantitative estimate of drug-likeness (QED) is 0.907. The highest BCUT2D eigenvalue weighted by molar-refractivity contribution is 5.89. The number of rotatable bonds is 3. The van der Waals surface area contributed by atoms with Crippen LogP contribution in [0.25, 0.3) is 5.69 Å². The van der Waals surface area contributed by atoms with Crippen LogP contribution >= 0.6 is 0 Å². The van der Waals surface area contributed by atoms with Crippen LogP contribution in [0, 0.1) is 0 Å². The zero-order chi connectivity index (χ0) is 15.8. The summed E-state index contributed by atoms with van der Waals surface area (Å²) in [5.41, 5.74) is -0.324. The van der Waals surface area contributed by atoms with Crippen molar-refractivity contribution in [2.75, 3.05) is 7.11 Å². The first-order valence-electron chi connectivity index (χ1n) is 6.49. The Kier molecular flexibility index (Phi) is 3.63. The van der Waals surface area contributed by atoms with Gasteiger partial charge in [-0.3, -0.25) is 9.89 Å². The molecule has 0 aliphatic carbocycles. The lowest BCUT2D eigenvalue weighted by Gasteiger charge is -2.17. The lowest BCUT2D eigenvalue weighted by Crippen LogP contribution is -2.22. The number of carbonyl (C=O) groups is 1. The van der Waals surface area contributed by atoms with Gasteiger partial charge in [0.05, 0.1) is 18.5 Å². The van der Waals surface area contributed by atoms with Crippen molar-refractivity contribution in [1.29, 1.82) is 0 Å². The average Bonchev–Trinajstić information content (AvgIpc) is 2.76. The molecule has 1 heterocycles. The van der Waals surface area contributed by atoms with Crippen LogP contribution in [0.4, 0.5) is 0 Å². The third-order valence-electron chi connectivity index (χ3n) is 3.19. The molecule has 0 aliphatic heterocycles. The lowest BCUT2D eigenvalue weighted by molar-refractivity contribution is 0.0692. The second-order valence-electron chi connectivity index (χ2n) is 5.76. The Hall–Kier alpha value is -2.50. The largest absolute Gasteiger partial charge is 0.497 e. The molecule has 0 fully saturated rings. The number of hydrogen-bond acceptors (Lipinski definition) is 3. The van der Waals surface area contributed by atoms with Gasteiger partial charge in [-0.2, -0.15) is 0 Å². The minimum Gasteiger partial charge on any atom is -0.497 e. The highest BCUT2D eigenvalue weighted by atomic mass is 16.5. The van der Waals surface area contributed by atoms with E-state index in [2.05, 4.69) is 5.10 Å². The van der Waals surface area contributed by atoms with E-state index in [9.17, 15) is 14.7 Å². The average molecular weight is 290 g/mol. The summed E-state index contributed by atoms with van der Waals surface area (Å²) in [7, 11) is 1.55. The fraction of sp³-hybridized carbons (Fsp3) is 0.333. The molecule has 0 radical (unpaired) electrons. The van der Waals surface area contributed by atoms with Crippen molar-refractivity contribution in [2.24, 2.45) is 0 Å². The molecule has 0 amide bonds. The molecule has 0 unspecified atom stereocenters. The Morgan fingerprint density at radius 3 is 2.19 bits per heavy atom. The van der Waals surface area contributed by atoms with Crippen molar-refractivity contribution >= 4 is 5.97 Å². The zero-order valence-corrected chi connectivity index (χ0v) is 12.4. The normalized spacial score (nSPS) is 11.4. The summed E-state index contributed by atoms with van der Waals surface area (Å²) in [6, 6.07) is 6.79. The minimum absolute atomic E-state index is 0.224. The van der Waals surface area contributed by atoms with Crippen molar-refractivity contribution in [1.82, 2.24) is 9.78 Å². The molecule has 0 spiro atoms. The topological polar surface area (TPSA) is 84.3 Å². The van der Waals surface area contributed by atoms with Crippen LogP contribution in [0.5, 0.6) is 5.75 Å². The number of aromatic carboxylic acids is 1. The molecule has 2 rings (SSSR count). The van der Waals surface area contributed by atoms with Crippen LogP contribution in [0.2, 0.25) is 0 Å². The van der Waals surface area contributed by atoms with E-state index in [0.717, 1.165) is 0 Å². The predicted molar refractivity (Wildman–Crippen MR) is 78.6 cm³/mol. The minimum atomic E-state index is -1.23. The van der Waals surface area contributed by atoms with E-state index in [-0.39, 0.29) is 5.56 Å². The van der Waals surface area contributed by atoms with Crippen LogP contribution in [0.1, 0.15) is 36.8 Å². The number of nitrogens with one attached hydrogen (secondary N) is 1. The fourth-order valence-corrected chi connectivity index (χ4v) is 2.09. The maximum absolute atomic E-state index is 12.4.